The van der Waals surface area contributed by atoms with Crippen molar-refractivity contribution in [1.82, 2.24) is 14.9 Å². The molecule has 3 heterocycles. The van der Waals surface area contributed by atoms with Gasteiger partial charge in [-0.25, -0.2) is 0 Å². The lowest BCUT2D eigenvalue weighted by Crippen LogP contribution is -2.28. The molecule has 1 aromatic carbocycles. The molecular weight excluding hydrogens is 378 g/mol. The number of hydrogen-bond donors (Lipinski definition) is 2. The fraction of sp³-hybridized carbons (Fsp3) is 0.190. The predicted octanol–water partition coefficient (Wildman–Crippen LogP) is 5.02. The maximum absolute atomic E-state index is 12.5. The van der Waals surface area contributed by atoms with E-state index in [2.05, 4.69) is 26.3 Å². The summed E-state index contributed by atoms with van der Waals surface area (Å²) in [5, 5.41) is 9.04. The van der Waals surface area contributed by atoms with Gasteiger partial charge in [0.25, 0.3) is 0 Å². The third-order valence-electron chi connectivity index (χ3n) is 4.74. The second-order valence-corrected chi connectivity index (χ2v) is 7.73. The van der Waals surface area contributed by atoms with Gasteiger partial charge in [0.15, 0.2) is 0 Å². The Morgan fingerprint density at radius 3 is 2.89 bits per heavy atom. The topological polar surface area (TPSA) is 49.8 Å². The molecule has 6 heteroatoms. The molecule has 0 saturated carbocycles. The van der Waals surface area contributed by atoms with Gasteiger partial charge >= 0.3 is 0 Å². The van der Waals surface area contributed by atoms with E-state index in [4.69, 9.17) is 11.6 Å². The lowest BCUT2D eigenvalue weighted by molar-refractivity contribution is -0.121. The Balaban J connectivity index is 1.38. The van der Waals surface area contributed by atoms with Gasteiger partial charge in [-0.3, -0.25) is 4.79 Å². The van der Waals surface area contributed by atoms with Crippen LogP contribution in [0.1, 0.15) is 23.6 Å². The first-order chi connectivity index (χ1) is 13.2. The van der Waals surface area contributed by atoms with E-state index in [9.17, 15) is 4.79 Å². The average Bonchev–Trinajstić information content (AvgIpc) is 3.42. The zero-order valence-electron chi connectivity index (χ0n) is 14.7. The third-order valence-corrected chi connectivity index (χ3v) is 5.68. The highest BCUT2D eigenvalue weighted by atomic mass is 35.5. The van der Waals surface area contributed by atoms with E-state index in [1.165, 1.54) is 0 Å². The fourth-order valence-corrected chi connectivity index (χ4v) is 4.24. The highest BCUT2D eigenvalue weighted by Gasteiger charge is 2.17. The van der Waals surface area contributed by atoms with Gasteiger partial charge in [0.2, 0.25) is 5.91 Å². The molecule has 0 radical (unpaired) electrons. The number of H-pyrrole nitrogens is 1. The zero-order valence-corrected chi connectivity index (χ0v) is 16.3. The van der Waals surface area contributed by atoms with E-state index in [0.29, 0.717) is 13.0 Å². The van der Waals surface area contributed by atoms with E-state index in [0.717, 1.165) is 33.5 Å². The Bertz CT molecular complexity index is 987. The highest BCUT2D eigenvalue weighted by molar-refractivity contribution is 7.08. The normalized spacial score (nSPS) is 12.3. The van der Waals surface area contributed by atoms with Crippen molar-refractivity contribution in [3.05, 3.63) is 81.9 Å². The number of fused-ring (bicyclic) bond motifs is 1. The molecule has 4 rings (SSSR count). The molecule has 2 N–H and O–H groups in total. The number of thiophene rings is 1. The molecule has 138 valence electrons. The van der Waals surface area contributed by atoms with Gasteiger partial charge < -0.3 is 14.9 Å². The summed E-state index contributed by atoms with van der Waals surface area (Å²) in [5.74, 6) is 0.0535. The molecule has 1 amide bonds. The van der Waals surface area contributed by atoms with E-state index >= 15 is 0 Å². The molecule has 0 spiro atoms. The molecule has 0 bridgehead atoms. The molecule has 0 saturated heterocycles. The van der Waals surface area contributed by atoms with Crippen molar-refractivity contribution in [2.24, 2.45) is 0 Å². The monoisotopic (exact) mass is 397 g/mol. The smallest absolute Gasteiger partial charge is 0.222 e. The van der Waals surface area contributed by atoms with E-state index in [1.807, 2.05) is 54.3 Å². The summed E-state index contributed by atoms with van der Waals surface area (Å²) < 4.78 is 2.09. The van der Waals surface area contributed by atoms with Crippen molar-refractivity contribution >= 4 is 39.7 Å². The molecule has 0 aliphatic carbocycles. The van der Waals surface area contributed by atoms with Gasteiger partial charge in [-0.2, -0.15) is 11.3 Å². The third kappa shape index (κ3) is 4.10. The van der Waals surface area contributed by atoms with Gasteiger partial charge in [0.1, 0.15) is 0 Å². The Hall–Kier alpha value is -2.50. The Morgan fingerprint density at radius 2 is 2.11 bits per heavy atom. The van der Waals surface area contributed by atoms with Crippen LogP contribution < -0.4 is 5.32 Å². The van der Waals surface area contributed by atoms with Gasteiger partial charge in [0.05, 0.1) is 12.5 Å². The van der Waals surface area contributed by atoms with Gasteiger partial charge in [-0.1, -0.05) is 11.6 Å². The minimum Gasteiger partial charge on any atom is -0.361 e. The largest absolute Gasteiger partial charge is 0.361 e. The van der Waals surface area contributed by atoms with Crippen molar-refractivity contribution in [1.29, 1.82) is 0 Å². The molecule has 27 heavy (non-hydrogen) atoms. The van der Waals surface area contributed by atoms with Crippen LogP contribution in [0.2, 0.25) is 5.02 Å². The summed E-state index contributed by atoms with van der Waals surface area (Å²) in [6, 6.07) is 11.9. The van der Waals surface area contributed by atoms with Crippen LogP contribution in [-0.2, 0) is 11.2 Å². The van der Waals surface area contributed by atoms with Crippen molar-refractivity contribution in [2.75, 3.05) is 6.54 Å². The second kappa shape index (κ2) is 8.03. The minimum atomic E-state index is 0.0261. The molecule has 1 unspecified atom stereocenters. The van der Waals surface area contributed by atoms with Crippen LogP contribution in [0.3, 0.4) is 0 Å². The number of benzene rings is 1. The highest BCUT2D eigenvalue weighted by Crippen LogP contribution is 2.25. The molecule has 4 nitrogen and oxygen atoms in total. The number of aromatic amines is 1. The van der Waals surface area contributed by atoms with Crippen LogP contribution in [0.25, 0.3) is 10.9 Å². The summed E-state index contributed by atoms with van der Waals surface area (Å²) in [6.45, 7) is 0.598. The quantitative estimate of drug-likeness (QED) is 0.451. The van der Waals surface area contributed by atoms with Gasteiger partial charge in [-0.15, -0.1) is 0 Å². The van der Waals surface area contributed by atoms with Crippen LogP contribution in [-0.4, -0.2) is 22.0 Å². The fourth-order valence-electron chi connectivity index (χ4n) is 3.36. The zero-order chi connectivity index (χ0) is 18.6. The molecule has 0 aliphatic heterocycles. The summed E-state index contributed by atoms with van der Waals surface area (Å²) >= 11 is 7.75. The number of carbonyl (C=O) groups is 1. The maximum Gasteiger partial charge on any atom is 0.222 e. The number of nitrogens with zero attached hydrogens (tertiary/aromatic N) is 1. The Labute approximate surface area is 166 Å². The van der Waals surface area contributed by atoms with Crippen molar-refractivity contribution in [3.8, 4) is 0 Å². The number of hydrogen-bond acceptors (Lipinski definition) is 2. The van der Waals surface area contributed by atoms with E-state index < -0.39 is 0 Å². The molecule has 0 fully saturated rings. The lowest BCUT2D eigenvalue weighted by atomic mass is 10.1. The standard InChI is InChI=1S/C21H20ClN3OS/c22-17-3-4-19-18(11-17)15(13-24-19)5-7-23-21(26)12-20(16-6-10-27-14-16)25-8-1-2-9-25/h1-4,6,8-11,13-14,20,24H,5,7,12H2,(H,23,26). The number of halogens is 1. The molecular formula is C21H20ClN3OS. The van der Waals surface area contributed by atoms with E-state index in [-0.39, 0.29) is 11.9 Å². The summed E-state index contributed by atoms with van der Waals surface area (Å²) in [5.41, 5.74) is 3.39. The molecule has 0 aliphatic rings. The molecule has 4 aromatic rings. The van der Waals surface area contributed by atoms with E-state index in [1.54, 1.807) is 11.3 Å². The minimum absolute atomic E-state index is 0.0261. The average molecular weight is 398 g/mol. The van der Waals surface area contributed by atoms with Crippen LogP contribution in [0.4, 0.5) is 0 Å². The number of nitrogens with one attached hydrogen (secondary N) is 2. The van der Waals surface area contributed by atoms with Crippen LogP contribution in [0, 0.1) is 0 Å². The number of rotatable bonds is 7. The lowest BCUT2D eigenvalue weighted by Gasteiger charge is -2.18. The SMILES string of the molecule is O=C(CC(c1ccsc1)n1cccc1)NCCc1c[nH]c2ccc(Cl)cc12. The molecule has 1 atom stereocenters. The number of amides is 1. The summed E-state index contributed by atoms with van der Waals surface area (Å²) in [7, 11) is 0. The first kappa shape index (κ1) is 17.9. The predicted molar refractivity (Wildman–Crippen MR) is 112 cm³/mol. The molecule has 3 aromatic heterocycles. The van der Waals surface area contributed by atoms with Crippen molar-refractivity contribution < 1.29 is 4.79 Å². The maximum atomic E-state index is 12.5. The van der Waals surface area contributed by atoms with Crippen LogP contribution >= 0.6 is 22.9 Å². The number of carbonyl (C=O) groups excluding carboxylic acids is 1. The van der Waals surface area contributed by atoms with Crippen LogP contribution in [0.5, 0.6) is 0 Å². The van der Waals surface area contributed by atoms with Crippen LogP contribution in [0.15, 0.2) is 65.7 Å². The van der Waals surface area contributed by atoms with Gasteiger partial charge in [0, 0.05) is 41.1 Å². The van der Waals surface area contributed by atoms with Crippen molar-refractivity contribution in [2.45, 2.75) is 18.9 Å². The Kier molecular flexibility index (Phi) is 5.32. The second-order valence-electron chi connectivity index (χ2n) is 6.51. The van der Waals surface area contributed by atoms with Gasteiger partial charge in [-0.05, 0) is 64.7 Å². The first-order valence-corrected chi connectivity index (χ1v) is 10.2. The number of aromatic nitrogens is 2. The summed E-state index contributed by atoms with van der Waals surface area (Å²) in [4.78, 5) is 15.8. The summed E-state index contributed by atoms with van der Waals surface area (Å²) in [6.07, 6.45) is 7.18. The Morgan fingerprint density at radius 1 is 1.26 bits per heavy atom. The van der Waals surface area contributed by atoms with Crippen molar-refractivity contribution in [3.63, 3.8) is 0 Å². The first-order valence-electron chi connectivity index (χ1n) is 8.87.